The molecule has 0 saturated carbocycles. The van der Waals surface area contributed by atoms with Crippen LogP contribution in [0.15, 0.2) is 27.4 Å². The molecule has 7 nitrogen and oxygen atoms in total. The molecule has 0 bridgehead atoms. The molecule has 1 amide bonds. The Balaban J connectivity index is 1.73. The molecule has 1 aliphatic rings. The van der Waals surface area contributed by atoms with Crippen LogP contribution in [-0.2, 0) is 9.59 Å². The van der Waals surface area contributed by atoms with Gasteiger partial charge in [0.15, 0.2) is 6.61 Å². The SMILES string of the molecule is Cc1cc(=O)oc2c(C)c(OCC(=O)N3CCC[C@H](C(=O)O)C3)ccc12. The van der Waals surface area contributed by atoms with E-state index in [9.17, 15) is 14.4 Å². The molecule has 1 N–H and O–H groups in total. The van der Waals surface area contributed by atoms with Crippen LogP contribution in [-0.4, -0.2) is 41.6 Å². The van der Waals surface area contributed by atoms with E-state index in [-0.39, 0.29) is 19.1 Å². The molecule has 26 heavy (non-hydrogen) atoms. The van der Waals surface area contributed by atoms with Gasteiger partial charge < -0.3 is 19.2 Å². The number of likely N-dealkylation sites (tertiary alicyclic amines) is 1. The average molecular weight is 359 g/mol. The standard InChI is InChI=1S/C19H21NO6/c1-11-8-17(22)26-18-12(2)15(6-5-14(11)18)25-10-16(21)20-7-3-4-13(9-20)19(23)24/h5-6,8,13H,3-4,7,9-10H2,1-2H3,(H,23,24)/t13-/m0/s1. The Hall–Kier alpha value is -2.83. The predicted octanol–water partition coefficient (Wildman–Crippen LogP) is 2.11. The zero-order valence-electron chi connectivity index (χ0n) is 14.8. The van der Waals surface area contributed by atoms with E-state index in [0.717, 1.165) is 10.9 Å². The molecule has 138 valence electrons. The summed E-state index contributed by atoms with van der Waals surface area (Å²) in [7, 11) is 0. The number of ether oxygens (including phenoxy) is 1. The Bertz CT molecular complexity index is 916. The van der Waals surface area contributed by atoms with Gasteiger partial charge >= 0.3 is 11.6 Å². The summed E-state index contributed by atoms with van der Waals surface area (Å²) in [6, 6.07) is 4.97. The van der Waals surface area contributed by atoms with Gasteiger partial charge in [-0.3, -0.25) is 9.59 Å². The first-order valence-electron chi connectivity index (χ1n) is 8.54. The van der Waals surface area contributed by atoms with Crippen LogP contribution in [0.25, 0.3) is 11.0 Å². The summed E-state index contributed by atoms with van der Waals surface area (Å²) in [4.78, 5) is 36.6. The molecule has 0 radical (unpaired) electrons. The van der Waals surface area contributed by atoms with Crippen LogP contribution in [0.1, 0.15) is 24.0 Å². The van der Waals surface area contributed by atoms with Gasteiger partial charge in [0.05, 0.1) is 5.92 Å². The van der Waals surface area contributed by atoms with Crippen molar-refractivity contribution in [1.82, 2.24) is 4.90 Å². The Kier molecular flexibility index (Phi) is 4.97. The quantitative estimate of drug-likeness (QED) is 0.840. The van der Waals surface area contributed by atoms with Gasteiger partial charge in [-0.2, -0.15) is 0 Å². The van der Waals surface area contributed by atoms with Gasteiger partial charge in [0, 0.05) is 30.1 Å². The molecule has 1 aromatic carbocycles. The van der Waals surface area contributed by atoms with Gasteiger partial charge in [-0.25, -0.2) is 4.79 Å². The molecule has 3 rings (SSSR count). The first-order valence-corrected chi connectivity index (χ1v) is 8.54. The maximum absolute atomic E-state index is 12.4. The van der Waals surface area contributed by atoms with Crippen molar-refractivity contribution in [1.29, 1.82) is 0 Å². The van der Waals surface area contributed by atoms with Gasteiger partial charge in [-0.05, 0) is 44.4 Å². The maximum Gasteiger partial charge on any atom is 0.336 e. The smallest absolute Gasteiger partial charge is 0.336 e. The number of hydrogen-bond acceptors (Lipinski definition) is 5. The van der Waals surface area contributed by atoms with Gasteiger partial charge in [0.1, 0.15) is 11.3 Å². The molecule has 1 saturated heterocycles. The number of rotatable bonds is 4. The monoisotopic (exact) mass is 359 g/mol. The number of nitrogens with zero attached hydrogens (tertiary/aromatic N) is 1. The zero-order chi connectivity index (χ0) is 18.8. The molecular weight excluding hydrogens is 338 g/mol. The van der Waals surface area contributed by atoms with Crippen LogP contribution in [0.3, 0.4) is 0 Å². The van der Waals surface area contributed by atoms with Crippen molar-refractivity contribution in [2.24, 2.45) is 5.92 Å². The highest BCUT2D eigenvalue weighted by Gasteiger charge is 2.28. The van der Waals surface area contributed by atoms with Crippen molar-refractivity contribution in [2.75, 3.05) is 19.7 Å². The molecule has 7 heteroatoms. The summed E-state index contributed by atoms with van der Waals surface area (Å²) >= 11 is 0. The highest BCUT2D eigenvalue weighted by molar-refractivity contribution is 5.85. The lowest BCUT2D eigenvalue weighted by Gasteiger charge is -2.30. The fraction of sp³-hybridized carbons (Fsp3) is 0.421. The average Bonchev–Trinajstić information content (AvgIpc) is 2.61. The summed E-state index contributed by atoms with van der Waals surface area (Å²) in [5.74, 6) is -1.18. The van der Waals surface area contributed by atoms with Gasteiger partial charge in [-0.15, -0.1) is 0 Å². The summed E-state index contributed by atoms with van der Waals surface area (Å²) in [5.41, 5.74) is 1.48. The molecule has 1 aliphatic heterocycles. The van der Waals surface area contributed by atoms with Crippen LogP contribution >= 0.6 is 0 Å². The van der Waals surface area contributed by atoms with Crippen LogP contribution < -0.4 is 10.4 Å². The van der Waals surface area contributed by atoms with Gasteiger partial charge in [0.2, 0.25) is 0 Å². The normalized spacial score (nSPS) is 17.3. The summed E-state index contributed by atoms with van der Waals surface area (Å²) in [6.07, 6.45) is 1.25. The minimum absolute atomic E-state index is 0.186. The molecule has 2 heterocycles. The Labute approximate surface area is 150 Å². The number of amides is 1. The number of fused-ring (bicyclic) bond motifs is 1. The Morgan fingerprint density at radius 1 is 1.35 bits per heavy atom. The van der Waals surface area contributed by atoms with Crippen molar-refractivity contribution >= 4 is 22.8 Å². The lowest BCUT2D eigenvalue weighted by Crippen LogP contribution is -2.44. The van der Waals surface area contributed by atoms with Crippen molar-refractivity contribution < 1.29 is 23.8 Å². The third-order valence-electron chi connectivity index (χ3n) is 4.79. The van der Waals surface area contributed by atoms with Gasteiger partial charge in [0.25, 0.3) is 5.91 Å². The molecule has 0 unspecified atom stereocenters. The number of carboxylic acid groups (broad SMARTS) is 1. The first kappa shape index (κ1) is 18.0. The van der Waals surface area contributed by atoms with Crippen molar-refractivity contribution in [2.45, 2.75) is 26.7 Å². The van der Waals surface area contributed by atoms with E-state index in [1.165, 1.54) is 11.0 Å². The number of carboxylic acids is 1. The van der Waals surface area contributed by atoms with E-state index in [4.69, 9.17) is 14.3 Å². The number of carbonyl (C=O) groups excluding carboxylic acids is 1. The van der Waals surface area contributed by atoms with E-state index < -0.39 is 17.5 Å². The number of aryl methyl sites for hydroxylation is 2. The lowest BCUT2D eigenvalue weighted by molar-refractivity contribution is -0.146. The number of benzene rings is 1. The van der Waals surface area contributed by atoms with Crippen LogP contribution in [0.5, 0.6) is 5.75 Å². The Morgan fingerprint density at radius 2 is 2.12 bits per heavy atom. The van der Waals surface area contributed by atoms with Crippen LogP contribution in [0.4, 0.5) is 0 Å². The predicted molar refractivity (Wildman–Crippen MR) is 94.4 cm³/mol. The maximum atomic E-state index is 12.4. The summed E-state index contributed by atoms with van der Waals surface area (Å²) in [5, 5.41) is 9.94. The number of carbonyl (C=O) groups is 2. The number of aliphatic carboxylic acids is 1. The largest absolute Gasteiger partial charge is 0.483 e. The van der Waals surface area contributed by atoms with Crippen molar-refractivity contribution in [3.05, 3.63) is 39.7 Å². The van der Waals surface area contributed by atoms with E-state index in [0.29, 0.717) is 36.3 Å². The number of hydrogen-bond donors (Lipinski definition) is 1. The van der Waals surface area contributed by atoms with Crippen LogP contribution in [0.2, 0.25) is 0 Å². The topological polar surface area (TPSA) is 97.0 Å². The van der Waals surface area contributed by atoms with Crippen molar-refractivity contribution in [3.63, 3.8) is 0 Å². The molecule has 2 aromatic rings. The van der Waals surface area contributed by atoms with Gasteiger partial charge in [-0.1, -0.05) is 0 Å². The van der Waals surface area contributed by atoms with E-state index in [1.807, 2.05) is 6.92 Å². The summed E-state index contributed by atoms with van der Waals surface area (Å²) in [6.45, 7) is 4.16. The highest BCUT2D eigenvalue weighted by atomic mass is 16.5. The minimum Gasteiger partial charge on any atom is -0.483 e. The molecular formula is C19H21NO6. The number of piperidine rings is 1. The third-order valence-corrected chi connectivity index (χ3v) is 4.79. The highest BCUT2D eigenvalue weighted by Crippen LogP contribution is 2.28. The second-order valence-electron chi connectivity index (χ2n) is 6.62. The fourth-order valence-corrected chi connectivity index (χ4v) is 3.29. The van der Waals surface area contributed by atoms with E-state index >= 15 is 0 Å². The zero-order valence-corrected chi connectivity index (χ0v) is 14.8. The lowest BCUT2D eigenvalue weighted by atomic mass is 9.98. The third kappa shape index (κ3) is 3.56. The summed E-state index contributed by atoms with van der Waals surface area (Å²) < 4.78 is 10.9. The molecule has 1 atom stereocenters. The second kappa shape index (κ2) is 7.19. The van der Waals surface area contributed by atoms with E-state index in [2.05, 4.69) is 0 Å². The van der Waals surface area contributed by atoms with Crippen LogP contribution in [0, 0.1) is 19.8 Å². The fourth-order valence-electron chi connectivity index (χ4n) is 3.29. The Morgan fingerprint density at radius 3 is 2.85 bits per heavy atom. The second-order valence-corrected chi connectivity index (χ2v) is 6.62. The molecule has 0 aliphatic carbocycles. The molecule has 1 aromatic heterocycles. The first-order chi connectivity index (χ1) is 12.4. The minimum atomic E-state index is -0.876. The van der Waals surface area contributed by atoms with Crippen molar-refractivity contribution in [3.8, 4) is 5.75 Å². The van der Waals surface area contributed by atoms with E-state index in [1.54, 1.807) is 19.1 Å². The molecule has 0 spiro atoms. The molecule has 1 fully saturated rings.